The van der Waals surface area contributed by atoms with Crippen molar-refractivity contribution in [2.45, 2.75) is 79.1 Å². The standard InChI is InChI=1S/2C8H16O2.O.Zr/c2*1-3-5-6-7(4-2)8(9)10;;/h2*7H,3-6H2,1-2H3,(H,9,10);;. The van der Waals surface area contributed by atoms with E-state index in [-0.39, 0.29) is 11.8 Å². The minimum absolute atomic E-state index is 0.111. The Bertz CT molecular complexity index is 245. The van der Waals surface area contributed by atoms with Crippen LogP contribution in [0.25, 0.3) is 0 Å². The molecule has 2 N–H and O–H groups in total. The Kier molecular flexibility index (Phi) is 24.9. The number of carbonyl (C=O) groups is 2. The Labute approximate surface area is 150 Å². The first-order valence-electron chi connectivity index (χ1n) is 8.10. The van der Waals surface area contributed by atoms with E-state index in [0.29, 0.717) is 24.7 Å². The summed E-state index contributed by atoms with van der Waals surface area (Å²) in [6.45, 7) is 8.01. The summed E-state index contributed by atoms with van der Waals surface area (Å²) in [6, 6.07) is 0. The Morgan fingerprint density at radius 3 is 1.18 bits per heavy atom. The fraction of sp³-hybridized carbons (Fsp3) is 0.875. The molecular formula is C16H32O5Zr. The average Bonchev–Trinajstić information content (AvgIpc) is 2.51. The molecule has 0 aromatic rings. The van der Waals surface area contributed by atoms with Crippen molar-refractivity contribution in [3.05, 3.63) is 0 Å². The second-order valence-corrected chi connectivity index (χ2v) is 5.17. The number of hydrogen-bond acceptors (Lipinski definition) is 3. The predicted octanol–water partition coefficient (Wildman–Crippen LogP) is 4.45. The summed E-state index contributed by atoms with van der Waals surface area (Å²) in [5.41, 5.74) is 0. The van der Waals surface area contributed by atoms with Gasteiger partial charge in [0.15, 0.2) is 0 Å². The van der Waals surface area contributed by atoms with Gasteiger partial charge in [0, 0.05) is 0 Å². The van der Waals surface area contributed by atoms with Gasteiger partial charge in [0.1, 0.15) is 0 Å². The van der Waals surface area contributed by atoms with Crippen LogP contribution < -0.4 is 0 Å². The number of unbranched alkanes of at least 4 members (excludes halogenated alkanes) is 2. The Hall–Kier alpha value is -0.377. The van der Waals surface area contributed by atoms with E-state index in [9.17, 15) is 9.59 Å². The molecule has 0 saturated heterocycles. The van der Waals surface area contributed by atoms with Crippen molar-refractivity contribution < 1.29 is 47.3 Å². The first-order chi connectivity index (χ1) is 10.4. The van der Waals surface area contributed by atoms with Crippen molar-refractivity contribution >= 4 is 11.9 Å². The fourth-order valence-corrected chi connectivity index (χ4v) is 1.91. The molecule has 22 heavy (non-hydrogen) atoms. The van der Waals surface area contributed by atoms with E-state index in [1.165, 1.54) is 0 Å². The average molecular weight is 396 g/mol. The molecular weight excluding hydrogens is 363 g/mol. The monoisotopic (exact) mass is 394 g/mol. The Balaban J connectivity index is -0.000000294. The van der Waals surface area contributed by atoms with Gasteiger partial charge in [0.2, 0.25) is 0 Å². The summed E-state index contributed by atoms with van der Waals surface area (Å²) < 4.78 is 8.34. The fourth-order valence-electron chi connectivity index (χ4n) is 1.91. The molecule has 0 amide bonds. The van der Waals surface area contributed by atoms with Crippen LogP contribution in [0.3, 0.4) is 0 Å². The second kappa shape index (κ2) is 20.6. The number of carboxylic acids is 2. The van der Waals surface area contributed by atoms with Crippen molar-refractivity contribution in [2.24, 2.45) is 11.8 Å². The van der Waals surface area contributed by atoms with Crippen molar-refractivity contribution in [3.63, 3.8) is 0 Å². The maximum absolute atomic E-state index is 10.4. The minimum atomic E-state index is -0.643. The maximum atomic E-state index is 10.4. The van der Waals surface area contributed by atoms with Gasteiger partial charge < -0.3 is 10.2 Å². The molecule has 0 saturated carbocycles. The Morgan fingerprint density at radius 1 is 0.773 bits per heavy atom. The number of rotatable bonds is 10. The molecule has 0 radical (unpaired) electrons. The van der Waals surface area contributed by atoms with E-state index in [1.807, 2.05) is 13.8 Å². The van der Waals surface area contributed by atoms with Gasteiger partial charge in [-0.3, -0.25) is 9.59 Å². The van der Waals surface area contributed by atoms with Crippen molar-refractivity contribution in [1.29, 1.82) is 0 Å². The first-order valence-corrected chi connectivity index (χ1v) is 9.10. The summed E-state index contributed by atoms with van der Waals surface area (Å²) in [6.07, 6.45) is 7.43. The molecule has 0 fully saturated rings. The van der Waals surface area contributed by atoms with Crippen LogP contribution in [-0.4, -0.2) is 22.2 Å². The van der Waals surface area contributed by atoms with E-state index in [2.05, 4.69) is 13.8 Å². The van der Waals surface area contributed by atoms with Crippen molar-refractivity contribution in [1.82, 2.24) is 0 Å². The van der Waals surface area contributed by atoms with Gasteiger partial charge in [-0.2, -0.15) is 0 Å². The van der Waals surface area contributed by atoms with Crippen molar-refractivity contribution in [2.75, 3.05) is 0 Å². The van der Waals surface area contributed by atoms with Gasteiger partial charge in [-0.1, -0.05) is 53.4 Å². The molecule has 0 aliphatic carbocycles. The molecule has 6 heteroatoms. The van der Waals surface area contributed by atoms with Crippen LogP contribution >= 0.6 is 0 Å². The third kappa shape index (κ3) is 17.7. The summed E-state index contributed by atoms with van der Waals surface area (Å²) in [5.74, 6) is -1.51. The van der Waals surface area contributed by atoms with Gasteiger partial charge in [-0.15, -0.1) is 0 Å². The third-order valence-electron chi connectivity index (χ3n) is 3.50. The van der Waals surface area contributed by atoms with Crippen LogP contribution in [0.1, 0.15) is 79.1 Å². The first kappa shape index (κ1) is 26.5. The number of carboxylic acid groups (broad SMARTS) is 2. The molecule has 0 aromatic heterocycles. The molecule has 0 aliphatic heterocycles. The molecule has 0 bridgehead atoms. The van der Waals surface area contributed by atoms with E-state index < -0.39 is 11.9 Å². The zero-order chi connectivity index (χ0) is 18.0. The van der Waals surface area contributed by atoms with E-state index in [4.69, 9.17) is 13.0 Å². The summed E-state index contributed by atoms with van der Waals surface area (Å²) in [5, 5.41) is 17.2. The quantitative estimate of drug-likeness (QED) is 0.570. The van der Waals surface area contributed by atoms with Crippen LogP contribution in [0.5, 0.6) is 0 Å². The van der Waals surface area contributed by atoms with Crippen LogP contribution in [0.4, 0.5) is 0 Å². The van der Waals surface area contributed by atoms with Gasteiger partial charge in [0.05, 0.1) is 11.8 Å². The number of aliphatic carboxylic acids is 2. The SMILES string of the molecule is CCCCC(CC)C(=O)O.CCCCC(CC)C(=O)O.[O]=[Zr]. The van der Waals surface area contributed by atoms with Crippen molar-refractivity contribution in [3.8, 4) is 0 Å². The molecule has 2 atom stereocenters. The number of hydrogen-bond donors (Lipinski definition) is 2. The van der Waals surface area contributed by atoms with Crippen LogP contribution in [0.2, 0.25) is 0 Å². The summed E-state index contributed by atoms with van der Waals surface area (Å²) >= 11 is 0.300. The van der Waals surface area contributed by atoms with E-state index in [0.717, 1.165) is 51.4 Å². The molecule has 0 rings (SSSR count). The molecule has 130 valence electrons. The van der Waals surface area contributed by atoms with Gasteiger partial charge in [-0.05, 0) is 25.7 Å². The topological polar surface area (TPSA) is 91.7 Å². The van der Waals surface area contributed by atoms with E-state index in [1.54, 1.807) is 0 Å². The molecule has 0 aromatic carbocycles. The third-order valence-corrected chi connectivity index (χ3v) is 3.50. The normalized spacial score (nSPS) is 12.0. The summed E-state index contributed by atoms with van der Waals surface area (Å²) in [7, 11) is 0. The Morgan fingerprint density at radius 2 is 1.05 bits per heavy atom. The molecule has 0 heterocycles. The van der Waals surface area contributed by atoms with Gasteiger partial charge in [0.25, 0.3) is 0 Å². The predicted molar refractivity (Wildman–Crippen MR) is 82.6 cm³/mol. The molecule has 0 spiro atoms. The van der Waals surface area contributed by atoms with Gasteiger partial charge in [-0.25, -0.2) is 0 Å². The van der Waals surface area contributed by atoms with Crippen LogP contribution in [0.15, 0.2) is 0 Å². The van der Waals surface area contributed by atoms with Crippen LogP contribution in [-0.2, 0) is 37.1 Å². The molecule has 2 unspecified atom stereocenters. The molecule has 0 aliphatic rings. The van der Waals surface area contributed by atoms with E-state index >= 15 is 0 Å². The zero-order valence-electron chi connectivity index (χ0n) is 14.4. The zero-order valence-corrected chi connectivity index (χ0v) is 16.9. The summed E-state index contributed by atoms with van der Waals surface area (Å²) in [4.78, 5) is 20.9. The van der Waals surface area contributed by atoms with Gasteiger partial charge >= 0.3 is 39.5 Å². The second-order valence-electron chi connectivity index (χ2n) is 5.17. The van der Waals surface area contributed by atoms with Crippen LogP contribution in [0, 0.1) is 11.8 Å². The molecule has 5 nitrogen and oxygen atoms in total.